The summed E-state index contributed by atoms with van der Waals surface area (Å²) in [6.45, 7) is 0. The maximum Gasteiger partial charge on any atom is 0.0887 e. The van der Waals surface area contributed by atoms with Crippen LogP contribution in [0.25, 0.3) is 34.2 Å². The third-order valence-corrected chi connectivity index (χ3v) is 5.87. The molecule has 0 saturated carbocycles. The van der Waals surface area contributed by atoms with Crippen LogP contribution in [0.5, 0.6) is 0 Å². The molecule has 6 heteroatoms. The molecule has 6 aromatic heterocycles. The Balaban J connectivity index is 1.09. The molecule has 6 heterocycles. The zero-order valence-electron chi connectivity index (χ0n) is 21.2. The van der Waals surface area contributed by atoms with E-state index >= 15 is 0 Å². The van der Waals surface area contributed by atoms with Crippen LogP contribution in [0.1, 0.15) is 22.3 Å². The van der Waals surface area contributed by atoms with Gasteiger partial charge in [0.2, 0.25) is 0 Å². The first kappa shape index (κ1) is 24.4. The molecule has 0 aliphatic carbocycles. The molecule has 0 atom stereocenters. The Morgan fingerprint density at radius 2 is 0.600 bits per heavy atom. The summed E-state index contributed by atoms with van der Waals surface area (Å²) >= 11 is 0. The fourth-order valence-electron chi connectivity index (χ4n) is 3.79. The minimum atomic E-state index is 0.765. The van der Waals surface area contributed by atoms with E-state index in [2.05, 4.69) is 53.6 Å². The lowest BCUT2D eigenvalue weighted by molar-refractivity contribution is 1.23. The molecule has 0 aliphatic heterocycles. The van der Waals surface area contributed by atoms with Crippen LogP contribution in [0.2, 0.25) is 0 Å². The van der Waals surface area contributed by atoms with Crippen LogP contribution in [0.3, 0.4) is 0 Å². The number of nitrogens with zero attached hydrogens (tertiary/aromatic N) is 6. The Kier molecular flexibility index (Phi) is 7.07. The normalized spacial score (nSPS) is 10.1. The lowest BCUT2D eigenvalue weighted by atomic mass is 10.1. The number of hydrogen-bond donors (Lipinski definition) is 0. The highest BCUT2D eigenvalue weighted by molar-refractivity contribution is 5.58. The van der Waals surface area contributed by atoms with Crippen molar-refractivity contribution >= 4 is 0 Å². The molecule has 40 heavy (non-hydrogen) atoms. The molecule has 6 aromatic rings. The maximum absolute atomic E-state index is 4.53. The van der Waals surface area contributed by atoms with E-state index in [1.165, 1.54) is 0 Å². The summed E-state index contributed by atoms with van der Waals surface area (Å²) in [7, 11) is 0. The van der Waals surface area contributed by atoms with Gasteiger partial charge in [-0.3, -0.25) is 29.9 Å². The molecule has 0 aliphatic rings. The zero-order chi connectivity index (χ0) is 27.0. The van der Waals surface area contributed by atoms with E-state index < -0.39 is 0 Å². The molecule has 0 amide bonds. The monoisotopic (exact) mass is 512 g/mol. The van der Waals surface area contributed by atoms with Crippen molar-refractivity contribution in [3.05, 3.63) is 144 Å². The van der Waals surface area contributed by atoms with Gasteiger partial charge in [-0.15, -0.1) is 0 Å². The molecule has 0 bridgehead atoms. The van der Waals surface area contributed by atoms with Crippen molar-refractivity contribution in [2.24, 2.45) is 0 Å². The van der Waals surface area contributed by atoms with Gasteiger partial charge in [0.25, 0.3) is 0 Å². The van der Waals surface area contributed by atoms with Crippen LogP contribution >= 0.6 is 0 Å². The topological polar surface area (TPSA) is 77.3 Å². The average Bonchev–Trinajstić information content (AvgIpc) is 3.05. The van der Waals surface area contributed by atoms with Crippen LogP contribution in [-0.4, -0.2) is 29.9 Å². The second-order valence-electron chi connectivity index (χ2n) is 8.66. The molecule has 0 unspecified atom stereocenters. The average molecular weight is 513 g/mol. The van der Waals surface area contributed by atoms with Crippen LogP contribution in [0, 0.1) is 23.7 Å². The predicted molar refractivity (Wildman–Crippen MR) is 154 cm³/mol. The Bertz CT molecular complexity index is 1700. The third kappa shape index (κ3) is 5.94. The molecule has 0 spiro atoms. The van der Waals surface area contributed by atoms with Crippen LogP contribution in [0.15, 0.2) is 122 Å². The molecule has 0 aromatic carbocycles. The van der Waals surface area contributed by atoms with E-state index in [-0.39, 0.29) is 0 Å². The van der Waals surface area contributed by atoms with Gasteiger partial charge in [0.1, 0.15) is 0 Å². The minimum Gasteiger partial charge on any atom is -0.255 e. The molecular formula is C34H20N6. The van der Waals surface area contributed by atoms with Gasteiger partial charge in [-0.05, 0) is 72.8 Å². The number of hydrogen-bond acceptors (Lipinski definition) is 6. The molecule has 0 radical (unpaired) electrons. The molecular weight excluding hydrogens is 492 g/mol. The van der Waals surface area contributed by atoms with E-state index in [0.717, 1.165) is 56.4 Å². The van der Waals surface area contributed by atoms with Gasteiger partial charge in [-0.25, -0.2) is 0 Å². The van der Waals surface area contributed by atoms with E-state index in [1.807, 2.05) is 84.9 Å². The number of pyridine rings is 6. The SMILES string of the molecule is C(#Cc1ccc(-c2ccc(C#Cc3ccc(-c4ccccn4)nc3)cn2)nc1)c1ccc(-c2ccccn2)nc1. The van der Waals surface area contributed by atoms with Crippen molar-refractivity contribution in [2.75, 3.05) is 0 Å². The summed E-state index contributed by atoms with van der Waals surface area (Å²) in [5.74, 6) is 12.5. The van der Waals surface area contributed by atoms with E-state index in [4.69, 9.17) is 0 Å². The van der Waals surface area contributed by atoms with Gasteiger partial charge in [0, 0.05) is 59.4 Å². The van der Waals surface area contributed by atoms with Gasteiger partial charge in [0.15, 0.2) is 0 Å². The summed E-state index contributed by atoms with van der Waals surface area (Å²) in [5.41, 5.74) is 8.08. The highest BCUT2D eigenvalue weighted by atomic mass is 14.8. The van der Waals surface area contributed by atoms with Crippen molar-refractivity contribution < 1.29 is 0 Å². The predicted octanol–water partition coefficient (Wildman–Crippen LogP) is 5.86. The fraction of sp³-hybridized carbons (Fsp3) is 0. The van der Waals surface area contributed by atoms with Crippen LogP contribution < -0.4 is 0 Å². The number of aromatic nitrogens is 6. The Hall–Kier alpha value is -5.98. The zero-order valence-corrected chi connectivity index (χ0v) is 21.2. The minimum absolute atomic E-state index is 0.765. The van der Waals surface area contributed by atoms with E-state index in [1.54, 1.807) is 37.2 Å². The fourth-order valence-corrected chi connectivity index (χ4v) is 3.79. The second-order valence-corrected chi connectivity index (χ2v) is 8.66. The van der Waals surface area contributed by atoms with Crippen molar-refractivity contribution in [1.29, 1.82) is 0 Å². The first-order valence-electron chi connectivity index (χ1n) is 12.5. The first-order chi connectivity index (χ1) is 19.8. The molecule has 186 valence electrons. The van der Waals surface area contributed by atoms with Gasteiger partial charge in [0.05, 0.1) is 34.2 Å². The summed E-state index contributed by atoms with van der Waals surface area (Å²) < 4.78 is 0. The van der Waals surface area contributed by atoms with Crippen molar-refractivity contribution in [2.45, 2.75) is 0 Å². The van der Waals surface area contributed by atoms with Crippen LogP contribution in [-0.2, 0) is 0 Å². The van der Waals surface area contributed by atoms with Crippen molar-refractivity contribution in [3.8, 4) is 57.8 Å². The van der Waals surface area contributed by atoms with Crippen LogP contribution in [0.4, 0.5) is 0 Å². The van der Waals surface area contributed by atoms with Gasteiger partial charge in [-0.1, -0.05) is 35.8 Å². The van der Waals surface area contributed by atoms with Gasteiger partial charge < -0.3 is 0 Å². The molecule has 6 nitrogen and oxygen atoms in total. The van der Waals surface area contributed by atoms with E-state index in [0.29, 0.717) is 0 Å². The summed E-state index contributed by atoms with van der Waals surface area (Å²) in [6.07, 6.45) is 10.5. The highest BCUT2D eigenvalue weighted by Crippen LogP contribution is 2.16. The van der Waals surface area contributed by atoms with E-state index in [9.17, 15) is 0 Å². The number of rotatable bonds is 3. The van der Waals surface area contributed by atoms with Gasteiger partial charge >= 0.3 is 0 Å². The lowest BCUT2D eigenvalue weighted by Gasteiger charge is -2.00. The molecule has 0 N–H and O–H groups in total. The standard InChI is InChI=1S/C34H20N6/c1-3-19-35-29(5-1)31-15-11-25(21-37-31)7-9-27-13-17-33(39-23-27)34-18-14-28(24-40-34)10-8-26-12-16-32(38-22-26)30-6-2-4-20-36-30/h1-6,11-24H. The first-order valence-corrected chi connectivity index (χ1v) is 12.5. The van der Waals surface area contributed by atoms with Crippen molar-refractivity contribution in [3.63, 3.8) is 0 Å². The second kappa shape index (κ2) is 11.6. The molecule has 6 rings (SSSR count). The molecule has 0 fully saturated rings. The Labute approximate surface area is 231 Å². The maximum atomic E-state index is 4.53. The van der Waals surface area contributed by atoms with Crippen molar-refractivity contribution in [1.82, 2.24) is 29.9 Å². The quantitative estimate of drug-likeness (QED) is 0.277. The summed E-state index contributed by atoms with van der Waals surface area (Å²) in [5, 5.41) is 0. The lowest BCUT2D eigenvalue weighted by Crippen LogP contribution is -1.89. The Morgan fingerprint density at radius 1 is 0.300 bits per heavy atom. The third-order valence-electron chi connectivity index (χ3n) is 5.87. The Morgan fingerprint density at radius 3 is 0.825 bits per heavy atom. The molecule has 0 saturated heterocycles. The summed E-state index contributed by atoms with van der Waals surface area (Å²) in [4.78, 5) is 26.6. The summed E-state index contributed by atoms with van der Waals surface area (Å²) in [6, 6.07) is 26.9. The largest absolute Gasteiger partial charge is 0.255 e. The van der Waals surface area contributed by atoms with Gasteiger partial charge in [-0.2, -0.15) is 0 Å². The smallest absolute Gasteiger partial charge is 0.0887 e. The highest BCUT2D eigenvalue weighted by Gasteiger charge is 2.02.